The molecule has 10 heteroatoms. The van der Waals surface area contributed by atoms with Gasteiger partial charge < -0.3 is 5.32 Å². The third-order valence-corrected chi connectivity index (χ3v) is 5.51. The van der Waals surface area contributed by atoms with E-state index in [0.717, 1.165) is 10.9 Å². The zero-order valence-electron chi connectivity index (χ0n) is 19.1. The molecule has 2 aromatic heterocycles. The van der Waals surface area contributed by atoms with Gasteiger partial charge in [0.25, 0.3) is 5.56 Å². The number of halogens is 1. The summed E-state index contributed by atoms with van der Waals surface area (Å²) in [4.78, 5) is 32.3. The maximum absolute atomic E-state index is 14.8. The second kappa shape index (κ2) is 10.1. The minimum Gasteiger partial charge on any atom is -0.364 e. The van der Waals surface area contributed by atoms with Crippen molar-refractivity contribution in [2.45, 2.75) is 13.5 Å². The van der Waals surface area contributed by atoms with Crippen LogP contribution in [0, 0.1) is 34.9 Å². The molecule has 4 rings (SSSR count). The number of nitrogens with zero attached hydrogens (tertiary/aromatic N) is 4. The molecule has 0 aliphatic rings. The number of benzene rings is 2. The van der Waals surface area contributed by atoms with Gasteiger partial charge in [-0.3, -0.25) is 19.8 Å². The lowest BCUT2D eigenvalue weighted by Crippen LogP contribution is -2.26. The van der Waals surface area contributed by atoms with Crippen LogP contribution in [-0.2, 0) is 6.54 Å². The summed E-state index contributed by atoms with van der Waals surface area (Å²) in [5, 5.41) is 15.4. The monoisotopic (exact) mass is 466 g/mol. The Morgan fingerprint density at radius 2 is 2.03 bits per heavy atom. The Balaban J connectivity index is 1.83. The van der Waals surface area contributed by atoms with Gasteiger partial charge in [-0.15, -0.1) is 4.91 Å². The number of pyridine rings is 1. The van der Waals surface area contributed by atoms with Crippen LogP contribution in [0.2, 0.25) is 0 Å². The molecular formula is C25H20BFN6O2. The van der Waals surface area contributed by atoms with Gasteiger partial charge in [0, 0.05) is 11.3 Å². The summed E-state index contributed by atoms with van der Waals surface area (Å²) in [6, 6.07) is 13.5. The fourth-order valence-electron chi connectivity index (χ4n) is 3.92. The molecule has 2 aromatic carbocycles. The van der Waals surface area contributed by atoms with E-state index in [4.69, 9.17) is 5.41 Å². The summed E-state index contributed by atoms with van der Waals surface area (Å²) >= 11 is 0. The van der Waals surface area contributed by atoms with Crippen LogP contribution in [0.25, 0.3) is 16.5 Å². The van der Waals surface area contributed by atoms with E-state index in [1.807, 2.05) is 31.2 Å². The van der Waals surface area contributed by atoms with E-state index in [0.29, 0.717) is 28.1 Å². The Morgan fingerprint density at radius 3 is 2.80 bits per heavy atom. The lowest BCUT2D eigenvalue weighted by Gasteiger charge is -2.18. The molecule has 0 bridgehead atoms. The number of fused-ring (bicyclic) bond motifs is 1. The van der Waals surface area contributed by atoms with E-state index in [1.54, 1.807) is 26.0 Å². The first-order valence-electron chi connectivity index (χ1n) is 10.7. The van der Waals surface area contributed by atoms with Crippen molar-refractivity contribution < 1.29 is 4.39 Å². The predicted octanol–water partition coefficient (Wildman–Crippen LogP) is 2.24. The number of rotatable bonds is 6. The van der Waals surface area contributed by atoms with Crippen LogP contribution < -0.4 is 16.5 Å². The number of aromatic nitrogens is 3. The highest BCUT2D eigenvalue weighted by atomic mass is 19.1. The fraction of sp³-hybridized carbons (Fsp3) is 0.120. The smallest absolute Gasteiger partial charge is 0.263 e. The third kappa shape index (κ3) is 4.70. The Kier molecular flexibility index (Phi) is 6.78. The van der Waals surface area contributed by atoms with Gasteiger partial charge in [0.15, 0.2) is 7.85 Å². The number of aryl methyl sites for hydroxylation is 1. The molecule has 0 aliphatic carbocycles. The molecule has 0 spiro atoms. The van der Waals surface area contributed by atoms with Crippen molar-refractivity contribution in [1.82, 2.24) is 14.5 Å². The van der Waals surface area contributed by atoms with Crippen LogP contribution in [0.4, 0.5) is 10.2 Å². The normalized spacial score (nSPS) is 10.5. The van der Waals surface area contributed by atoms with Gasteiger partial charge in [0.2, 0.25) is 0 Å². The first-order chi connectivity index (χ1) is 16.9. The van der Waals surface area contributed by atoms with Gasteiger partial charge in [-0.05, 0) is 42.0 Å². The molecule has 2 N–H and O–H groups in total. The van der Waals surface area contributed by atoms with E-state index in [1.165, 1.54) is 17.0 Å². The summed E-state index contributed by atoms with van der Waals surface area (Å²) in [5.74, 6) is 4.89. The van der Waals surface area contributed by atoms with Gasteiger partial charge in [-0.25, -0.2) is 9.37 Å². The molecule has 0 atom stereocenters. The number of hydrogen-bond acceptors (Lipinski definition) is 7. The number of nitroso groups, excluding NO2 is 1. The molecule has 0 saturated heterocycles. The molecule has 0 saturated carbocycles. The summed E-state index contributed by atoms with van der Waals surface area (Å²) in [6.45, 7) is 1.72. The van der Waals surface area contributed by atoms with Crippen LogP contribution in [0.5, 0.6) is 0 Å². The van der Waals surface area contributed by atoms with Crippen LogP contribution in [0.3, 0.4) is 0 Å². The van der Waals surface area contributed by atoms with Gasteiger partial charge in [-0.1, -0.05) is 41.4 Å². The Labute approximate surface area is 201 Å². The van der Waals surface area contributed by atoms with Crippen LogP contribution in [-0.4, -0.2) is 34.6 Å². The lowest BCUT2D eigenvalue weighted by molar-refractivity contribution is 0.614. The predicted molar refractivity (Wildman–Crippen MR) is 137 cm³/mol. The SMILES string of the molecule is Bc1ncnc(NCc2cc3cccc(C)c3c(=O)n2-c2ccccc2F)c1C(=N)C#CCN=O. The zero-order chi connectivity index (χ0) is 24.9. The quantitative estimate of drug-likeness (QED) is 0.196. The lowest BCUT2D eigenvalue weighted by atomic mass is 9.95. The van der Waals surface area contributed by atoms with Crippen molar-refractivity contribution in [3.8, 4) is 17.5 Å². The first-order valence-corrected chi connectivity index (χ1v) is 10.7. The number of nitrogens with one attached hydrogen (secondary N) is 2. The Hall–Kier alpha value is -4.65. The summed E-state index contributed by atoms with van der Waals surface area (Å²) in [5.41, 5.74) is 1.91. The highest BCUT2D eigenvalue weighted by molar-refractivity contribution is 6.37. The van der Waals surface area contributed by atoms with Crippen molar-refractivity contribution in [1.29, 1.82) is 5.41 Å². The number of anilines is 1. The zero-order valence-corrected chi connectivity index (χ0v) is 19.1. The van der Waals surface area contributed by atoms with E-state index in [-0.39, 0.29) is 30.0 Å². The molecule has 2 heterocycles. The van der Waals surface area contributed by atoms with Gasteiger partial charge in [-0.2, -0.15) is 0 Å². The van der Waals surface area contributed by atoms with Crippen molar-refractivity contribution in [3.63, 3.8) is 0 Å². The largest absolute Gasteiger partial charge is 0.364 e. The molecule has 35 heavy (non-hydrogen) atoms. The molecule has 4 aromatic rings. The van der Waals surface area contributed by atoms with E-state index in [9.17, 15) is 14.1 Å². The Bertz CT molecular complexity index is 1590. The van der Waals surface area contributed by atoms with E-state index >= 15 is 0 Å². The number of para-hydroxylation sites is 1. The van der Waals surface area contributed by atoms with Crippen molar-refractivity contribution in [2.24, 2.45) is 5.18 Å². The summed E-state index contributed by atoms with van der Waals surface area (Å²) < 4.78 is 16.1. The van der Waals surface area contributed by atoms with Gasteiger partial charge in [0.1, 0.15) is 30.2 Å². The molecule has 0 unspecified atom stereocenters. The highest BCUT2D eigenvalue weighted by Crippen LogP contribution is 2.21. The Morgan fingerprint density at radius 1 is 1.23 bits per heavy atom. The first kappa shape index (κ1) is 23.5. The number of hydrogen-bond donors (Lipinski definition) is 2. The van der Waals surface area contributed by atoms with E-state index < -0.39 is 5.82 Å². The fourth-order valence-corrected chi connectivity index (χ4v) is 3.92. The van der Waals surface area contributed by atoms with Crippen LogP contribution in [0.15, 0.2) is 64.8 Å². The molecule has 0 radical (unpaired) electrons. The maximum Gasteiger partial charge on any atom is 0.263 e. The summed E-state index contributed by atoms with van der Waals surface area (Å²) in [6.07, 6.45) is 1.35. The average Bonchev–Trinajstić information content (AvgIpc) is 2.83. The molecule has 0 fully saturated rings. The second-order valence-corrected chi connectivity index (χ2v) is 7.77. The minimum absolute atomic E-state index is 0.0742. The van der Waals surface area contributed by atoms with Crippen molar-refractivity contribution in [3.05, 3.63) is 92.8 Å². The standard InChI is InChI=1S/C25H20BFN6O2/c1-15-6-4-7-16-12-17(33(25(34)21(15)16)20-10-3-2-8-18(20)27)13-29-24-22(23(26)30-14-31-24)19(28)9-5-11-32-35/h2-4,6-8,10,12,14,28H,11,13,26H2,1H3,(H,29,30,31). The molecule has 172 valence electrons. The second-order valence-electron chi connectivity index (χ2n) is 7.77. The van der Waals surface area contributed by atoms with Gasteiger partial charge in [0.05, 0.1) is 23.2 Å². The minimum atomic E-state index is -0.525. The molecule has 0 amide bonds. The van der Waals surface area contributed by atoms with Crippen LogP contribution in [0.1, 0.15) is 16.8 Å². The van der Waals surface area contributed by atoms with Crippen molar-refractivity contribution in [2.75, 3.05) is 11.9 Å². The molecular weight excluding hydrogens is 446 g/mol. The third-order valence-electron chi connectivity index (χ3n) is 5.51. The van der Waals surface area contributed by atoms with Gasteiger partial charge >= 0.3 is 0 Å². The van der Waals surface area contributed by atoms with Crippen molar-refractivity contribution >= 4 is 35.7 Å². The van der Waals surface area contributed by atoms with Crippen LogP contribution >= 0.6 is 0 Å². The summed E-state index contributed by atoms with van der Waals surface area (Å²) in [7, 11) is 1.71. The highest BCUT2D eigenvalue weighted by Gasteiger charge is 2.17. The van der Waals surface area contributed by atoms with E-state index in [2.05, 4.69) is 32.3 Å². The maximum atomic E-state index is 14.8. The topological polar surface area (TPSA) is 113 Å². The average molecular weight is 466 g/mol. The molecule has 0 aliphatic heterocycles. The molecule has 8 nitrogen and oxygen atoms in total.